The van der Waals surface area contributed by atoms with Gasteiger partial charge in [-0.05, 0) is 29.8 Å². The molecule has 5 aromatic carbocycles. The summed E-state index contributed by atoms with van der Waals surface area (Å²) < 4.78 is 355. The lowest BCUT2D eigenvalue weighted by Gasteiger charge is -2.46. The molecule has 0 unspecified atom stereocenters. The molecule has 0 spiro atoms. The normalized spacial score (nSPS) is 13.5. The van der Waals surface area contributed by atoms with Crippen LogP contribution >= 0.6 is 0 Å². The number of pyridine rings is 1. The molecule has 6 aromatic rings. The van der Waals surface area contributed by atoms with Crippen molar-refractivity contribution in [2.75, 3.05) is 0 Å². The van der Waals surface area contributed by atoms with E-state index >= 15 is 0 Å². The fourth-order valence-corrected chi connectivity index (χ4v) is 7.55. The molecule has 72 heavy (non-hydrogen) atoms. The van der Waals surface area contributed by atoms with Crippen LogP contribution in [0.3, 0.4) is 0 Å². The highest BCUT2D eigenvalue weighted by molar-refractivity contribution is 7.20. The Morgan fingerprint density at radius 1 is 0.292 bits per heavy atom. The average molecular weight is 1070 g/mol. The van der Waals surface area contributed by atoms with Crippen molar-refractivity contribution in [2.24, 2.45) is 0 Å². The maximum absolute atomic E-state index is 14.2. The fourth-order valence-electron chi connectivity index (χ4n) is 7.55. The largest absolute Gasteiger partial charge is 0.416 e. The number of rotatable bonds is 7. The first-order valence-electron chi connectivity index (χ1n) is 19.6. The highest BCUT2D eigenvalue weighted by Crippen LogP contribution is 2.41. The molecule has 0 saturated heterocycles. The molecule has 0 aliphatic heterocycles. The smallest absolute Gasteiger partial charge is 0.246 e. The predicted octanol–water partition coefficient (Wildman–Crippen LogP) is 13.7. The number of nitrogens with zero attached hydrogens (tertiary/aromatic N) is 1. The summed E-state index contributed by atoms with van der Waals surface area (Å²) in [5, 5.41) is 0. The standard InChI is InChI=1S/C32H12BF24.C13H13FN/c34-25(35,36)13-1-14(26(37,38)39)6-21(5-13)33(22-7-15(27(40,41)42)2-16(8-22)28(43,44)45,23-9-17(29(46,47)48)3-18(10-23)30(49,50)51)24-11-19(31(52,53)54)4-20(12-24)32(55,56)57;14-10-12-6-8-15(9-7-12)11-13-4-2-1-3-5-13/h1-12H;1-9H,10-11H2/q-1;+1. The molecule has 6 rings (SSSR count). The Morgan fingerprint density at radius 3 is 0.708 bits per heavy atom. The van der Waals surface area contributed by atoms with E-state index in [4.69, 9.17) is 0 Å². The second-order valence-corrected chi connectivity index (χ2v) is 15.7. The summed E-state index contributed by atoms with van der Waals surface area (Å²) in [5.41, 5.74) is -28.2. The van der Waals surface area contributed by atoms with Crippen molar-refractivity contribution < 1.29 is 114 Å². The third-order valence-electron chi connectivity index (χ3n) is 10.8. The molecule has 0 aliphatic carbocycles. The van der Waals surface area contributed by atoms with Crippen LogP contribution in [0.25, 0.3) is 0 Å². The first kappa shape index (κ1) is 56.5. The van der Waals surface area contributed by atoms with Crippen molar-refractivity contribution in [3.8, 4) is 0 Å². The van der Waals surface area contributed by atoms with Gasteiger partial charge < -0.3 is 0 Å². The molecular weight excluding hydrogens is 1040 g/mol. The van der Waals surface area contributed by atoms with Crippen molar-refractivity contribution in [1.82, 2.24) is 0 Å². The summed E-state index contributed by atoms with van der Waals surface area (Å²) in [7, 11) is 0. The van der Waals surface area contributed by atoms with E-state index in [0.717, 1.165) is 12.1 Å². The second-order valence-electron chi connectivity index (χ2n) is 15.7. The van der Waals surface area contributed by atoms with Gasteiger partial charge in [0, 0.05) is 17.7 Å². The minimum Gasteiger partial charge on any atom is -0.246 e. The molecule has 0 fully saturated rings. The Bertz CT molecular complexity index is 2410. The Morgan fingerprint density at radius 2 is 0.514 bits per heavy atom. The molecule has 0 radical (unpaired) electrons. The van der Waals surface area contributed by atoms with Crippen molar-refractivity contribution in [3.63, 3.8) is 0 Å². The lowest BCUT2D eigenvalue weighted by atomic mass is 9.12. The molecule has 1 aromatic heterocycles. The number of hydrogen-bond donors (Lipinski definition) is 0. The highest BCUT2D eigenvalue weighted by Gasteiger charge is 2.47. The zero-order chi connectivity index (χ0) is 54.4. The quantitative estimate of drug-likeness (QED) is 0.0852. The van der Waals surface area contributed by atoms with Crippen LogP contribution in [0.2, 0.25) is 0 Å². The lowest BCUT2D eigenvalue weighted by Crippen LogP contribution is -2.75. The number of benzene rings is 5. The summed E-state index contributed by atoms with van der Waals surface area (Å²) >= 11 is 0. The van der Waals surface area contributed by atoms with Gasteiger partial charge in [-0.3, -0.25) is 0 Å². The van der Waals surface area contributed by atoms with Gasteiger partial charge in [-0.25, -0.2) is 8.96 Å². The Kier molecular flexibility index (Phi) is 15.3. The van der Waals surface area contributed by atoms with Crippen LogP contribution in [-0.2, 0) is 62.6 Å². The summed E-state index contributed by atoms with van der Waals surface area (Å²) in [5.74, 6) is 0. The molecule has 0 aliphatic rings. The summed E-state index contributed by atoms with van der Waals surface area (Å²) in [6.07, 6.45) is -51.0. The molecule has 388 valence electrons. The Hall–Kier alpha value is -6.44. The molecule has 0 bridgehead atoms. The molecule has 0 saturated carbocycles. The van der Waals surface area contributed by atoms with E-state index < -0.39 is 201 Å². The number of alkyl halides is 25. The summed E-state index contributed by atoms with van der Waals surface area (Å²) in [6, 6.07) is 5.01. The molecule has 1 heterocycles. The molecule has 1 nitrogen and oxygen atoms in total. The Balaban J connectivity index is 0.000000542. The number of hydrogen-bond acceptors (Lipinski definition) is 0. The van der Waals surface area contributed by atoms with E-state index in [2.05, 4.69) is 12.1 Å². The molecule has 0 atom stereocenters. The Labute approximate surface area is 388 Å². The number of halogens is 25. The zero-order valence-corrected chi connectivity index (χ0v) is 35.0. The minimum atomic E-state index is -6.13. The van der Waals surface area contributed by atoms with E-state index in [0.29, 0.717) is 0 Å². The van der Waals surface area contributed by atoms with Crippen LogP contribution in [-0.4, -0.2) is 6.15 Å². The van der Waals surface area contributed by atoms with E-state index in [1.807, 2.05) is 47.3 Å². The van der Waals surface area contributed by atoms with Crippen molar-refractivity contribution >= 4 is 28.0 Å². The van der Waals surface area contributed by atoms with E-state index in [1.54, 1.807) is 0 Å². The van der Waals surface area contributed by atoms with Crippen molar-refractivity contribution in [3.05, 3.63) is 183 Å². The van der Waals surface area contributed by atoms with E-state index in [-0.39, 0.29) is 0 Å². The van der Waals surface area contributed by atoms with Gasteiger partial charge in [0.1, 0.15) is 12.8 Å². The van der Waals surface area contributed by atoms with Crippen LogP contribution < -0.4 is 26.4 Å². The molecule has 0 N–H and O–H groups in total. The minimum absolute atomic E-state index is 0.397. The maximum atomic E-state index is 14.2. The molecular formula is C45H25BF25N. The maximum Gasteiger partial charge on any atom is 0.416 e. The fraction of sp³-hybridized carbons (Fsp3) is 0.222. The first-order chi connectivity index (χ1) is 32.6. The molecule has 27 heteroatoms. The third kappa shape index (κ3) is 13.1. The number of aromatic nitrogens is 1. The van der Waals surface area contributed by atoms with Gasteiger partial charge in [0.25, 0.3) is 0 Å². The van der Waals surface area contributed by atoms with Crippen molar-refractivity contribution in [2.45, 2.75) is 62.6 Å². The zero-order valence-electron chi connectivity index (χ0n) is 35.0. The highest BCUT2D eigenvalue weighted by atomic mass is 19.4. The van der Waals surface area contributed by atoms with E-state index in [9.17, 15) is 110 Å². The molecule has 0 amide bonds. The SMILES string of the molecule is FC(F)(F)c1cc([B-](c2cc(C(F)(F)F)cc(C(F)(F)F)c2)(c2cc(C(F)(F)F)cc(C(F)(F)F)c2)c2cc(C(F)(F)F)cc(C(F)(F)F)c2)cc(C(F)(F)F)c1.FCc1cc[n+](Cc2ccccc2)cc1. The monoisotopic (exact) mass is 1070 g/mol. The van der Waals surface area contributed by atoms with Gasteiger partial charge in [-0.2, -0.15) is 127 Å². The topological polar surface area (TPSA) is 3.88 Å². The van der Waals surface area contributed by atoms with Crippen LogP contribution in [0.1, 0.15) is 55.6 Å². The van der Waals surface area contributed by atoms with E-state index in [1.165, 1.54) is 5.56 Å². The first-order valence-corrected chi connectivity index (χ1v) is 19.6. The lowest BCUT2D eigenvalue weighted by molar-refractivity contribution is -0.688. The van der Waals surface area contributed by atoms with Crippen molar-refractivity contribution in [1.29, 1.82) is 0 Å². The van der Waals surface area contributed by atoms with Gasteiger partial charge in [0.05, 0.1) is 44.5 Å². The van der Waals surface area contributed by atoms with Crippen LogP contribution in [0.15, 0.2) is 128 Å². The van der Waals surface area contributed by atoms with Gasteiger partial charge in [0.15, 0.2) is 18.9 Å². The second kappa shape index (κ2) is 19.5. The third-order valence-corrected chi connectivity index (χ3v) is 10.8. The van der Waals surface area contributed by atoms with Crippen LogP contribution in [0.4, 0.5) is 110 Å². The van der Waals surface area contributed by atoms with Gasteiger partial charge in [-0.15, -0.1) is 0 Å². The average Bonchev–Trinajstić information content (AvgIpc) is 3.25. The van der Waals surface area contributed by atoms with Crippen LogP contribution in [0.5, 0.6) is 0 Å². The van der Waals surface area contributed by atoms with Gasteiger partial charge in [0.2, 0.25) is 0 Å². The summed E-state index contributed by atoms with van der Waals surface area (Å²) in [6.45, 7) is 0.430. The van der Waals surface area contributed by atoms with Gasteiger partial charge in [-0.1, -0.05) is 78.9 Å². The van der Waals surface area contributed by atoms with Crippen LogP contribution in [0, 0.1) is 0 Å². The van der Waals surface area contributed by atoms with Gasteiger partial charge >= 0.3 is 49.4 Å². The predicted molar refractivity (Wildman–Crippen MR) is 207 cm³/mol. The summed E-state index contributed by atoms with van der Waals surface area (Å²) in [4.78, 5) is 0.